The summed E-state index contributed by atoms with van der Waals surface area (Å²) in [5.74, 6) is -1.27. The summed E-state index contributed by atoms with van der Waals surface area (Å²) in [6, 6.07) is -0.812. The predicted molar refractivity (Wildman–Crippen MR) is 98.8 cm³/mol. The van der Waals surface area contributed by atoms with E-state index in [-0.39, 0.29) is 18.4 Å². The molecule has 150 valence electrons. The molecule has 0 bridgehead atoms. The molecule has 0 saturated heterocycles. The summed E-state index contributed by atoms with van der Waals surface area (Å²) < 4.78 is 5.24. The third-order valence-corrected chi connectivity index (χ3v) is 4.45. The van der Waals surface area contributed by atoms with E-state index < -0.39 is 23.7 Å². The number of hydrogen-bond acceptors (Lipinski definition) is 4. The highest BCUT2D eigenvalue weighted by Gasteiger charge is 2.32. The van der Waals surface area contributed by atoms with E-state index in [1.807, 2.05) is 13.8 Å². The van der Waals surface area contributed by atoms with Crippen LogP contribution in [0.3, 0.4) is 0 Å². The fraction of sp³-hybridized carbons (Fsp3) is 0.842. The lowest BCUT2D eigenvalue weighted by molar-refractivity contribution is -0.146. The van der Waals surface area contributed by atoms with Gasteiger partial charge >= 0.3 is 12.1 Å². The number of nitrogens with zero attached hydrogens (tertiary/aromatic N) is 1. The molecule has 2 N–H and O–H groups in total. The largest absolute Gasteiger partial charge is 0.480 e. The monoisotopic (exact) mass is 370 g/mol. The van der Waals surface area contributed by atoms with Gasteiger partial charge in [0.2, 0.25) is 5.91 Å². The fourth-order valence-electron chi connectivity index (χ4n) is 3.22. The molecular formula is C19H34N2O5. The first kappa shape index (κ1) is 22.3. The van der Waals surface area contributed by atoms with Crippen molar-refractivity contribution < 1.29 is 24.2 Å². The second kappa shape index (κ2) is 9.78. The molecule has 1 aliphatic rings. The van der Waals surface area contributed by atoms with Crippen molar-refractivity contribution in [1.82, 2.24) is 10.2 Å². The zero-order valence-corrected chi connectivity index (χ0v) is 16.7. The van der Waals surface area contributed by atoms with Crippen LogP contribution in [0.2, 0.25) is 0 Å². The van der Waals surface area contributed by atoms with Gasteiger partial charge in [-0.05, 0) is 45.4 Å². The van der Waals surface area contributed by atoms with Gasteiger partial charge in [-0.3, -0.25) is 9.59 Å². The average molecular weight is 370 g/mol. The number of amides is 2. The van der Waals surface area contributed by atoms with E-state index >= 15 is 0 Å². The van der Waals surface area contributed by atoms with Crippen molar-refractivity contribution in [3.63, 3.8) is 0 Å². The normalized spacial score (nSPS) is 16.8. The molecule has 0 aromatic rings. The summed E-state index contributed by atoms with van der Waals surface area (Å²) in [5.41, 5.74) is -0.669. The van der Waals surface area contributed by atoms with Crippen LogP contribution in [-0.2, 0) is 14.3 Å². The maximum absolute atomic E-state index is 13.0. The Kier molecular flexibility index (Phi) is 8.37. The van der Waals surface area contributed by atoms with Crippen LogP contribution in [0, 0.1) is 11.8 Å². The number of rotatable bonds is 7. The SMILES string of the molecule is CC(C)C(NC(=O)OC(C)(C)C)C(=O)N(CC(=O)O)CC1CCCCC1. The first-order chi connectivity index (χ1) is 12.0. The van der Waals surface area contributed by atoms with Gasteiger partial charge < -0.3 is 20.1 Å². The van der Waals surface area contributed by atoms with Crippen LogP contribution in [-0.4, -0.2) is 52.7 Å². The molecule has 1 aliphatic carbocycles. The summed E-state index contributed by atoms with van der Waals surface area (Å²) >= 11 is 0. The third-order valence-electron chi connectivity index (χ3n) is 4.45. The van der Waals surface area contributed by atoms with Crippen LogP contribution in [0.25, 0.3) is 0 Å². The molecule has 0 aliphatic heterocycles. The van der Waals surface area contributed by atoms with Gasteiger partial charge in [-0.2, -0.15) is 0 Å². The number of carboxylic acids is 1. The number of carbonyl (C=O) groups is 3. The molecule has 7 heteroatoms. The van der Waals surface area contributed by atoms with Crippen LogP contribution in [0.15, 0.2) is 0 Å². The topological polar surface area (TPSA) is 95.9 Å². The number of alkyl carbamates (subject to hydrolysis) is 1. The zero-order valence-electron chi connectivity index (χ0n) is 16.7. The van der Waals surface area contributed by atoms with Crippen molar-refractivity contribution in [2.75, 3.05) is 13.1 Å². The van der Waals surface area contributed by atoms with Crippen LogP contribution in [0.4, 0.5) is 4.79 Å². The number of ether oxygens (including phenoxy) is 1. The second-order valence-corrected chi connectivity index (χ2v) is 8.48. The van der Waals surface area contributed by atoms with E-state index in [1.165, 1.54) is 11.3 Å². The van der Waals surface area contributed by atoms with E-state index in [4.69, 9.17) is 4.74 Å². The highest BCUT2D eigenvalue weighted by atomic mass is 16.6. The summed E-state index contributed by atoms with van der Waals surface area (Å²) in [6.07, 6.45) is 4.77. The molecule has 1 fully saturated rings. The van der Waals surface area contributed by atoms with E-state index in [1.54, 1.807) is 20.8 Å². The Morgan fingerprint density at radius 3 is 2.19 bits per heavy atom. The van der Waals surface area contributed by atoms with Gasteiger partial charge in [0.25, 0.3) is 0 Å². The smallest absolute Gasteiger partial charge is 0.408 e. The Bertz CT molecular complexity index is 493. The van der Waals surface area contributed by atoms with Gasteiger partial charge in [0.15, 0.2) is 0 Å². The summed E-state index contributed by atoms with van der Waals surface area (Å²) in [7, 11) is 0. The lowest BCUT2D eigenvalue weighted by Gasteiger charge is -2.33. The minimum atomic E-state index is -1.05. The lowest BCUT2D eigenvalue weighted by Crippen LogP contribution is -2.54. The van der Waals surface area contributed by atoms with E-state index in [2.05, 4.69) is 5.32 Å². The van der Waals surface area contributed by atoms with Crippen molar-refractivity contribution in [2.24, 2.45) is 11.8 Å². The molecule has 0 aromatic heterocycles. The molecule has 0 heterocycles. The number of nitrogens with one attached hydrogen (secondary N) is 1. The summed E-state index contributed by atoms with van der Waals surface area (Å²) in [4.78, 5) is 37.7. The maximum atomic E-state index is 13.0. The van der Waals surface area contributed by atoms with Crippen LogP contribution >= 0.6 is 0 Å². The minimum absolute atomic E-state index is 0.183. The number of carboxylic acid groups (broad SMARTS) is 1. The highest BCUT2D eigenvalue weighted by molar-refractivity contribution is 5.88. The quantitative estimate of drug-likeness (QED) is 0.718. The Morgan fingerprint density at radius 2 is 1.73 bits per heavy atom. The van der Waals surface area contributed by atoms with Gasteiger partial charge in [0.1, 0.15) is 18.2 Å². The van der Waals surface area contributed by atoms with Crippen molar-refractivity contribution in [1.29, 1.82) is 0 Å². The predicted octanol–water partition coefficient (Wildman–Crippen LogP) is 3.03. The number of hydrogen-bond donors (Lipinski definition) is 2. The molecule has 1 saturated carbocycles. The van der Waals surface area contributed by atoms with Gasteiger partial charge in [0.05, 0.1) is 0 Å². The number of aliphatic carboxylic acids is 1. The van der Waals surface area contributed by atoms with Gasteiger partial charge in [-0.25, -0.2) is 4.79 Å². The molecule has 1 rings (SSSR count). The highest BCUT2D eigenvalue weighted by Crippen LogP contribution is 2.25. The Hall–Kier alpha value is -1.79. The summed E-state index contributed by atoms with van der Waals surface area (Å²) in [6.45, 7) is 8.95. The van der Waals surface area contributed by atoms with Crippen LogP contribution < -0.4 is 5.32 Å². The molecular weight excluding hydrogens is 336 g/mol. The molecule has 1 atom stereocenters. The Balaban J connectivity index is 2.84. The van der Waals surface area contributed by atoms with Crippen LogP contribution in [0.1, 0.15) is 66.7 Å². The molecule has 7 nitrogen and oxygen atoms in total. The zero-order chi connectivity index (χ0) is 19.9. The standard InChI is InChI=1S/C19H34N2O5/c1-13(2)16(20-18(25)26-19(3,4)5)17(24)21(12-15(22)23)11-14-9-7-6-8-10-14/h13-14,16H,6-12H2,1-5H3,(H,20,25)(H,22,23). The van der Waals surface area contributed by atoms with Gasteiger partial charge in [-0.1, -0.05) is 33.1 Å². The first-order valence-electron chi connectivity index (χ1n) is 9.49. The maximum Gasteiger partial charge on any atom is 0.408 e. The molecule has 26 heavy (non-hydrogen) atoms. The molecule has 1 unspecified atom stereocenters. The molecule has 0 spiro atoms. The van der Waals surface area contributed by atoms with Gasteiger partial charge in [0, 0.05) is 6.54 Å². The second-order valence-electron chi connectivity index (χ2n) is 8.48. The fourth-order valence-corrected chi connectivity index (χ4v) is 3.22. The Labute approximate surface area is 156 Å². The van der Waals surface area contributed by atoms with Crippen molar-refractivity contribution in [2.45, 2.75) is 78.4 Å². The average Bonchev–Trinajstić information content (AvgIpc) is 2.50. The van der Waals surface area contributed by atoms with E-state index in [0.29, 0.717) is 12.5 Å². The van der Waals surface area contributed by atoms with Crippen molar-refractivity contribution in [3.05, 3.63) is 0 Å². The molecule has 2 amide bonds. The number of carbonyl (C=O) groups excluding carboxylic acids is 2. The van der Waals surface area contributed by atoms with E-state index in [0.717, 1.165) is 25.7 Å². The van der Waals surface area contributed by atoms with Crippen molar-refractivity contribution in [3.8, 4) is 0 Å². The first-order valence-corrected chi connectivity index (χ1v) is 9.49. The lowest BCUT2D eigenvalue weighted by atomic mass is 9.88. The van der Waals surface area contributed by atoms with E-state index in [9.17, 15) is 19.5 Å². The third kappa shape index (κ3) is 8.06. The molecule has 0 radical (unpaired) electrons. The summed E-state index contributed by atoms with van der Waals surface area (Å²) in [5, 5.41) is 11.8. The van der Waals surface area contributed by atoms with Crippen LogP contribution in [0.5, 0.6) is 0 Å². The molecule has 0 aromatic carbocycles. The Morgan fingerprint density at radius 1 is 1.15 bits per heavy atom. The minimum Gasteiger partial charge on any atom is -0.480 e. The van der Waals surface area contributed by atoms with Gasteiger partial charge in [-0.15, -0.1) is 0 Å². The van der Waals surface area contributed by atoms with Crippen molar-refractivity contribution >= 4 is 18.0 Å².